The zero-order valence-corrected chi connectivity index (χ0v) is 15.1. The molecule has 2 amide bonds. The second kappa shape index (κ2) is 8.31. The first kappa shape index (κ1) is 19.5. The van der Waals surface area contributed by atoms with Crippen LogP contribution >= 0.6 is 0 Å². The quantitative estimate of drug-likeness (QED) is 0.807. The van der Waals surface area contributed by atoms with Crippen molar-refractivity contribution in [2.75, 3.05) is 18.4 Å². The summed E-state index contributed by atoms with van der Waals surface area (Å²) in [6.45, 7) is 12.6. The molecule has 0 unspecified atom stereocenters. The van der Waals surface area contributed by atoms with Gasteiger partial charge in [0.05, 0.1) is 24.9 Å². The van der Waals surface area contributed by atoms with Gasteiger partial charge < -0.3 is 20.1 Å². The van der Waals surface area contributed by atoms with Gasteiger partial charge in [0.2, 0.25) is 0 Å². The van der Waals surface area contributed by atoms with Crippen LogP contribution in [0.2, 0.25) is 0 Å². The van der Waals surface area contributed by atoms with E-state index in [0.29, 0.717) is 13.2 Å². The molecule has 0 fully saturated rings. The van der Waals surface area contributed by atoms with E-state index in [4.69, 9.17) is 4.74 Å². The van der Waals surface area contributed by atoms with E-state index in [1.165, 1.54) is 0 Å². The third-order valence-corrected chi connectivity index (χ3v) is 3.51. The summed E-state index contributed by atoms with van der Waals surface area (Å²) in [7, 11) is 0. The Labute approximate surface area is 139 Å². The van der Waals surface area contributed by atoms with Crippen LogP contribution in [0.3, 0.4) is 0 Å². The highest BCUT2D eigenvalue weighted by Gasteiger charge is 2.21. The van der Waals surface area contributed by atoms with Gasteiger partial charge in [0, 0.05) is 12.2 Å². The zero-order chi connectivity index (χ0) is 17.6. The number of hydrogen-bond donors (Lipinski definition) is 2. The highest BCUT2D eigenvalue weighted by Crippen LogP contribution is 2.21. The second-order valence-electron chi connectivity index (χ2n) is 6.71. The summed E-state index contributed by atoms with van der Waals surface area (Å²) in [5, 5.41) is 12.8. The molecule has 0 saturated carbocycles. The molecule has 1 rings (SSSR count). The van der Waals surface area contributed by atoms with Crippen LogP contribution in [-0.2, 0) is 11.3 Å². The van der Waals surface area contributed by atoms with Crippen molar-refractivity contribution in [3.63, 3.8) is 0 Å². The van der Waals surface area contributed by atoms with Crippen LogP contribution in [0.15, 0.2) is 18.2 Å². The summed E-state index contributed by atoms with van der Waals surface area (Å²) in [6.07, 6.45) is 0.162. The van der Waals surface area contributed by atoms with E-state index in [9.17, 15) is 9.90 Å². The van der Waals surface area contributed by atoms with Gasteiger partial charge in [-0.15, -0.1) is 0 Å². The summed E-state index contributed by atoms with van der Waals surface area (Å²) in [5.41, 5.74) is 1.91. The van der Waals surface area contributed by atoms with Crippen LogP contribution < -0.4 is 5.32 Å². The first-order chi connectivity index (χ1) is 10.6. The Balaban J connectivity index is 2.83. The van der Waals surface area contributed by atoms with Gasteiger partial charge in [-0.05, 0) is 58.7 Å². The molecule has 0 atom stereocenters. The van der Waals surface area contributed by atoms with Crippen LogP contribution in [0.1, 0.15) is 45.7 Å². The number of amides is 2. The minimum atomic E-state index is -0.921. The summed E-state index contributed by atoms with van der Waals surface area (Å²) in [6, 6.07) is 5.58. The van der Waals surface area contributed by atoms with Crippen molar-refractivity contribution in [3.8, 4) is 0 Å². The molecule has 5 heteroatoms. The monoisotopic (exact) mass is 322 g/mol. The summed E-state index contributed by atoms with van der Waals surface area (Å²) in [5.74, 6) is 0. The van der Waals surface area contributed by atoms with Crippen molar-refractivity contribution in [2.45, 2.75) is 59.9 Å². The van der Waals surface area contributed by atoms with E-state index in [1.54, 1.807) is 18.7 Å². The molecule has 1 aromatic rings. The third-order valence-electron chi connectivity index (χ3n) is 3.51. The van der Waals surface area contributed by atoms with Gasteiger partial charge in [0.15, 0.2) is 0 Å². The molecule has 0 aliphatic carbocycles. The number of nitrogens with zero attached hydrogens (tertiary/aromatic N) is 1. The fourth-order valence-electron chi connectivity index (χ4n) is 2.22. The molecule has 0 spiro atoms. The van der Waals surface area contributed by atoms with Crippen molar-refractivity contribution in [3.05, 3.63) is 29.3 Å². The summed E-state index contributed by atoms with van der Waals surface area (Å²) in [4.78, 5) is 14.0. The van der Waals surface area contributed by atoms with Gasteiger partial charge in [-0.25, -0.2) is 4.79 Å². The number of hydrogen-bond acceptors (Lipinski definition) is 3. The largest absolute Gasteiger partial charge is 0.389 e. The lowest BCUT2D eigenvalue weighted by atomic mass is 10.1. The average molecular weight is 322 g/mol. The molecule has 130 valence electrons. The van der Waals surface area contributed by atoms with E-state index < -0.39 is 5.60 Å². The number of ether oxygens (including phenoxy) is 1. The Morgan fingerprint density at radius 2 is 2.04 bits per heavy atom. The van der Waals surface area contributed by atoms with Crippen molar-refractivity contribution >= 4 is 11.7 Å². The average Bonchev–Trinajstić information content (AvgIpc) is 2.44. The highest BCUT2D eigenvalue weighted by molar-refractivity contribution is 5.90. The number of anilines is 1. The molecular weight excluding hydrogens is 292 g/mol. The Bertz CT molecular complexity index is 521. The predicted octanol–water partition coefficient (Wildman–Crippen LogP) is 3.54. The molecule has 0 aromatic heterocycles. The van der Waals surface area contributed by atoms with E-state index >= 15 is 0 Å². The number of likely N-dealkylation sites (N-methyl/N-ethyl adjacent to an activating group) is 1. The fraction of sp³-hybridized carbons (Fsp3) is 0.611. The Morgan fingerprint density at radius 1 is 1.39 bits per heavy atom. The maximum atomic E-state index is 12.4. The molecule has 0 radical (unpaired) electrons. The van der Waals surface area contributed by atoms with Crippen molar-refractivity contribution in [1.29, 1.82) is 0 Å². The smallest absolute Gasteiger partial charge is 0.321 e. The molecule has 0 aliphatic heterocycles. The maximum Gasteiger partial charge on any atom is 0.321 e. The van der Waals surface area contributed by atoms with Crippen LogP contribution in [0.4, 0.5) is 10.5 Å². The van der Waals surface area contributed by atoms with Crippen LogP contribution in [0.5, 0.6) is 0 Å². The lowest BCUT2D eigenvalue weighted by Gasteiger charge is -2.28. The number of rotatable bonds is 7. The highest BCUT2D eigenvalue weighted by atomic mass is 16.5. The molecule has 2 N–H and O–H groups in total. The lowest BCUT2D eigenvalue weighted by molar-refractivity contribution is 0.0501. The van der Waals surface area contributed by atoms with Crippen molar-refractivity contribution < 1.29 is 14.6 Å². The summed E-state index contributed by atoms with van der Waals surface area (Å²) >= 11 is 0. The van der Waals surface area contributed by atoms with Gasteiger partial charge in [-0.1, -0.05) is 12.1 Å². The predicted molar refractivity (Wildman–Crippen MR) is 93.7 cm³/mol. The van der Waals surface area contributed by atoms with E-state index in [-0.39, 0.29) is 18.7 Å². The SMILES string of the molecule is CCN(CC(C)(C)O)C(=O)Nc1cccc(COC(C)C)c1C. The molecular formula is C18H30N2O3. The van der Waals surface area contributed by atoms with Crippen LogP contribution in [0, 0.1) is 6.92 Å². The topological polar surface area (TPSA) is 61.8 Å². The number of carbonyl (C=O) groups excluding carboxylic acids is 1. The van der Waals surface area contributed by atoms with Gasteiger partial charge in [0.25, 0.3) is 0 Å². The number of nitrogens with one attached hydrogen (secondary N) is 1. The standard InChI is InChI=1S/C18H30N2O3/c1-7-20(12-18(5,6)22)17(21)19-16-10-8-9-15(14(16)4)11-23-13(2)3/h8-10,13,22H,7,11-12H2,1-6H3,(H,19,21). The number of urea groups is 1. The summed E-state index contributed by atoms with van der Waals surface area (Å²) < 4.78 is 5.65. The van der Waals surface area contributed by atoms with Crippen LogP contribution in [-0.4, -0.2) is 40.8 Å². The van der Waals surface area contributed by atoms with Gasteiger partial charge in [-0.3, -0.25) is 0 Å². The first-order valence-electron chi connectivity index (χ1n) is 8.12. The molecule has 5 nitrogen and oxygen atoms in total. The first-order valence-corrected chi connectivity index (χ1v) is 8.12. The fourth-order valence-corrected chi connectivity index (χ4v) is 2.22. The Morgan fingerprint density at radius 3 is 2.57 bits per heavy atom. The van der Waals surface area contributed by atoms with Gasteiger partial charge >= 0.3 is 6.03 Å². The second-order valence-corrected chi connectivity index (χ2v) is 6.71. The molecule has 1 aromatic carbocycles. The Hall–Kier alpha value is -1.59. The molecule has 23 heavy (non-hydrogen) atoms. The molecule has 0 heterocycles. The maximum absolute atomic E-state index is 12.4. The number of carbonyl (C=O) groups is 1. The third kappa shape index (κ3) is 6.59. The number of aliphatic hydroxyl groups is 1. The minimum Gasteiger partial charge on any atom is -0.389 e. The van der Waals surface area contributed by atoms with E-state index in [0.717, 1.165) is 16.8 Å². The van der Waals surface area contributed by atoms with Crippen molar-refractivity contribution in [1.82, 2.24) is 4.90 Å². The molecule has 0 saturated heterocycles. The molecule has 0 bridgehead atoms. The van der Waals surface area contributed by atoms with Crippen LogP contribution in [0.25, 0.3) is 0 Å². The lowest BCUT2D eigenvalue weighted by Crippen LogP contribution is -2.44. The minimum absolute atomic E-state index is 0.162. The van der Waals surface area contributed by atoms with E-state index in [2.05, 4.69) is 5.32 Å². The van der Waals surface area contributed by atoms with Crippen molar-refractivity contribution in [2.24, 2.45) is 0 Å². The van der Waals surface area contributed by atoms with E-state index in [1.807, 2.05) is 45.9 Å². The zero-order valence-electron chi connectivity index (χ0n) is 15.1. The normalized spacial score (nSPS) is 11.7. The Kier molecular flexibility index (Phi) is 7.03. The van der Waals surface area contributed by atoms with Gasteiger partial charge in [-0.2, -0.15) is 0 Å². The van der Waals surface area contributed by atoms with Gasteiger partial charge in [0.1, 0.15) is 0 Å². The molecule has 0 aliphatic rings. The number of benzene rings is 1.